The van der Waals surface area contributed by atoms with E-state index in [2.05, 4.69) is 9.71 Å². The van der Waals surface area contributed by atoms with Crippen molar-refractivity contribution in [3.63, 3.8) is 0 Å². The first-order valence-corrected chi connectivity index (χ1v) is 8.52. The number of hydrogen-bond donors (Lipinski definition) is 2. The highest BCUT2D eigenvalue weighted by molar-refractivity contribution is 7.92. The van der Waals surface area contributed by atoms with Crippen LogP contribution in [0.4, 0.5) is 5.69 Å². The van der Waals surface area contributed by atoms with Crippen LogP contribution in [0.25, 0.3) is 0 Å². The third-order valence-corrected chi connectivity index (χ3v) is 4.73. The number of carbonyl (C=O) groups is 1. The maximum atomic E-state index is 12.4. The summed E-state index contributed by atoms with van der Waals surface area (Å²) in [6, 6.07) is 7.41. The summed E-state index contributed by atoms with van der Waals surface area (Å²) in [6.07, 6.45) is 1.41. The summed E-state index contributed by atoms with van der Waals surface area (Å²) in [5.74, 6) is -1.17. The van der Waals surface area contributed by atoms with E-state index in [4.69, 9.17) is 0 Å². The third kappa shape index (κ3) is 3.87. The van der Waals surface area contributed by atoms with Crippen LogP contribution in [-0.2, 0) is 10.0 Å². The average molecular weight is 334 g/mol. The highest BCUT2D eigenvalue weighted by Crippen LogP contribution is 2.24. The van der Waals surface area contributed by atoms with Crippen LogP contribution >= 0.6 is 0 Å². The number of carboxylic acids is 1. The van der Waals surface area contributed by atoms with E-state index >= 15 is 0 Å². The summed E-state index contributed by atoms with van der Waals surface area (Å²) in [6.45, 7) is 5.50. The Hall–Kier alpha value is -2.41. The van der Waals surface area contributed by atoms with Gasteiger partial charge in [-0.25, -0.2) is 13.2 Å². The van der Waals surface area contributed by atoms with Gasteiger partial charge < -0.3 is 5.11 Å². The molecule has 23 heavy (non-hydrogen) atoms. The molecule has 0 bridgehead atoms. The smallest absolute Gasteiger partial charge is 0.336 e. The molecule has 0 radical (unpaired) electrons. The Morgan fingerprint density at radius 2 is 1.91 bits per heavy atom. The van der Waals surface area contributed by atoms with E-state index in [0.29, 0.717) is 11.3 Å². The van der Waals surface area contributed by atoms with Gasteiger partial charge >= 0.3 is 5.97 Å². The first kappa shape index (κ1) is 17.0. The molecule has 2 N–H and O–H groups in total. The molecular weight excluding hydrogens is 316 g/mol. The summed E-state index contributed by atoms with van der Waals surface area (Å²) in [5.41, 5.74) is 1.67. The van der Waals surface area contributed by atoms with E-state index in [1.165, 1.54) is 24.4 Å². The molecule has 1 aromatic carbocycles. The van der Waals surface area contributed by atoms with Gasteiger partial charge in [-0.05, 0) is 42.7 Å². The van der Waals surface area contributed by atoms with E-state index in [1.54, 1.807) is 19.1 Å². The molecule has 0 saturated carbocycles. The van der Waals surface area contributed by atoms with Gasteiger partial charge in [0.2, 0.25) is 0 Å². The van der Waals surface area contributed by atoms with Gasteiger partial charge in [-0.1, -0.05) is 19.9 Å². The second-order valence-corrected chi connectivity index (χ2v) is 7.19. The van der Waals surface area contributed by atoms with Crippen molar-refractivity contribution in [1.82, 2.24) is 4.98 Å². The third-order valence-electron chi connectivity index (χ3n) is 3.35. The van der Waals surface area contributed by atoms with Crippen molar-refractivity contribution in [1.29, 1.82) is 0 Å². The number of nitrogens with one attached hydrogen (secondary N) is 1. The van der Waals surface area contributed by atoms with Crippen molar-refractivity contribution >= 4 is 21.7 Å². The van der Waals surface area contributed by atoms with Gasteiger partial charge in [0.25, 0.3) is 10.0 Å². The number of aromatic nitrogens is 1. The number of sulfonamides is 1. The molecule has 2 aromatic rings. The van der Waals surface area contributed by atoms with E-state index in [-0.39, 0.29) is 16.4 Å². The normalized spacial score (nSPS) is 11.5. The van der Waals surface area contributed by atoms with Crippen LogP contribution in [0.2, 0.25) is 0 Å². The Morgan fingerprint density at radius 3 is 2.43 bits per heavy atom. The lowest BCUT2D eigenvalue weighted by Crippen LogP contribution is -2.15. The Bertz CT molecular complexity index is 828. The quantitative estimate of drug-likeness (QED) is 0.876. The largest absolute Gasteiger partial charge is 0.478 e. The number of aryl methyl sites for hydroxylation is 1. The maximum Gasteiger partial charge on any atom is 0.336 e. The van der Waals surface area contributed by atoms with Crippen LogP contribution in [0.5, 0.6) is 0 Å². The molecule has 1 aromatic heterocycles. The number of benzene rings is 1. The lowest BCUT2D eigenvalue weighted by Gasteiger charge is -2.13. The molecule has 0 unspecified atom stereocenters. The Morgan fingerprint density at radius 1 is 1.22 bits per heavy atom. The van der Waals surface area contributed by atoms with Gasteiger partial charge in [0.1, 0.15) is 0 Å². The van der Waals surface area contributed by atoms with E-state index in [1.807, 2.05) is 13.8 Å². The fourth-order valence-electron chi connectivity index (χ4n) is 2.13. The lowest BCUT2D eigenvalue weighted by atomic mass is 9.97. The molecule has 0 amide bonds. The number of carboxylic acid groups (broad SMARTS) is 1. The fraction of sp³-hybridized carbons (Fsp3) is 0.250. The van der Waals surface area contributed by atoms with E-state index < -0.39 is 16.0 Å². The molecule has 0 aliphatic rings. The summed E-state index contributed by atoms with van der Waals surface area (Å²) >= 11 is 0. The van der Waals surface area contributed by atoms with Crippen molar-refractivity contribution < 1.29 is 18.3 Å². The molecule has 7 heteroatoms. The van der Waals surface area contributed by atoms with Gasteiger partial charge in [0, 0.05) is 5.69 Å². The van der Waals surface area contributed by atoms with Gasteiger partial charge in [0.15, 0.2) is 0 Å². The second-order valence-electron chi connectivity index (χ2n) is 5.50. The highest BCUT2D eigenvalue weighted by Gasteiger charge is 2.20. The van der Waals surface area contributed by atoms with Crippen molar-refractivity contribution in [2.24, 2.45) is 0 Å². The molecular formula is C16H18N2O4S. The minimum absolute atomic E-state index is 0.00935. The minimum atomic E-state index is -3.88. The zero-order chi connectivity index (χ0) is 17.2. The summed E-state index contributed by atoms with van der Waals surface area (Å²) in [4.78, 5) is 15.3. The number of anilines is 1. The van der Waals surface area contributed by atoms with Gasteiger partial charge in [-0.15, -0.1) is 0 Å². The lowest BCUT2D eigenvalue weighted by molar-refractivity contribution is 0.0695. The number of aromatic carboxylic acids is 1. The Labute approximate surface area is 135 Å². The first-order valence-electron chi connectivity index (χ1n) is 7.03. The summed E-state index contributed by atoms with van der Waals surface area (Å²) < 4.78 is 27.2. The number of rotatable bonds is 5. The van der Waals surface area contributed by atoms with Crippen molar-refractivity contribution in [3.8, 4) is 0 Å². The monoisotopic (exact) mass is 334 g/mol. The van der Waals surface area contributed by atoms with Crippen molar-refractivity contribution in [2.75, 3.05) is 4.72 Å². The minimum Gasteiger partial charge on any atom is -0.478 e. The van der Waals surface area contributed by atoms with E-state index in [0.717, 1.165) is 5.69 Å². The molecule has 1 heterocycles. The zero-order valence-corrected chi connectivity index (χ0v) is 13.9. The molecule has 0 saturated heterocycles. The summed E-state index contributed by atoms with van der Waals surface area (Å²) in [5, 5.41) is 9.30. The molecule has 0 spiro atoms. The molecule has 0 fully saturated rings. The second kappa shape index (κ2) is 6.37. The maximum absolute atomic E-state index is 12.4. The molecule has 0 atom stereocenters. The van der Waals surface area contributed by atoms with Crippen LogP contribution in [-0.4, -0.2) is 24.5 Å². The van der Waals surface area contributed by atoms with Crippen LogP contribution < -0.4 is 4.72 Å². The topological polar surface area (TPSA) is 96.4 Å². The Balaban J connectivity index is 2.41. The first-order chi connectivity index (χ1) is 10.7. The van der Waals surface area contributed by atoms with Gasteiger partial charge in [0.05, 0.1) is 22.3 Å². The van der Waals surface area contributed by atoms with Crippen LogP contribution in [0.3, 0.4) is 0 Å². The molecule has 0 aliphatic heterocycles. The Kier molecular flexibility index (Phi) is 4.70. The molecule has 0 aliphatic carbocycles. The molecule has 122 valence electrons. The van der Waals surface area contributed by atoms with Crippen LogP contribution in [0.1, 0.15) is 41.4 Å². The summed E-state index contributed by atoms with van der Waals surface area (Å²) in [7, 11) is -3.88. The number of nitrogens with zero attached hydrogens (tertiary/aromatic N) is 1. The molecule has 6 nitrogen and oxygen atoms in total. The average Bonchev–Trinajstić information content (AvgIpc) is 2.48. The predicted octanol–water partition coefficient (Wildman–Crippen LogP) is 3.01. The van der Waals surface area contributed by atoms with Crippen LogP contribution in [0, 0.1) is 6.92 Å². The number of pyridine rings is 1. The SMILES string of the molecule is Cc1ccc(NS(=O)(=O)c2ccc(C(C)C)c(C(=O)O)c2)cn1. The van der Waals surface area contributed by atoms with Crippen molar-refractivity contribution in [2.45, 2.75) is 31.6 Å². The standard InChI is InChI=1S/C16H18N2O4S/c1-10(2)14-7-6-13(8-15(14)16(19)20)23(21,22)18-12-5-4-11(3)17-9-12/h4-10,18H,1-3H3,(H,19,20). The number of hydrogen-bond acceptors (Lipinski definition) is 4. The van der Waals surface area contributed by atoms with Crippen molar-refractivity contribution in [3.05, 3.63) is 53.3 Å². The van der Waals surface area contributed by atoms with Gasteiger partial charge in [-0.2, -0.15) is 0 Å². The molecule has 2 rings (SSSR count). The van der Waals surface area contributed by atoms with Crippen LogP contribution in [0.15, 0.2) is 41.4 Å². The zero-order valence-electron chi connectivity index (χ0n) is 13.1. The van der Waals surface area contributed by atoms with E-state index in [9.17, 15) is 18.3 Å². The van der Waals surface area contributed by atoms with Gasteiger partial charge in [-0.3, -0.25) is 9.71 Å². The highest BCUT2D eigenvalue weighted by atomic mass is 32.2. The fourth-order valence-corrected chi connectivity index (χ4v) is 3.20. The predicted molar refractivity (Wildman–Crippen MR) is 87.3 cm³/mol.